The first-order chi connectivity index (χ1) is 14.7. The molecule has 0 saturated heterocycles. The third-order valence-corrected chi connectivity index (χ3v) is 5.83. The number of amides is 1. The Hall–Kier alpha value is -3.66. The minimum absolute atomic E-state index is 0.0946. The smallest absolute Gasteiger partial charge is 0.267 e. The van der Waals surface area contributed by atoms with Gasteiger partial charge in [0, 0.05) is 12.3 Å². The number of hydrogen-bond acceptors (Lipinski definition) is 7. The van der Waals surface area contributed by atoms with Crippen LogP contribution in [0.1, 0.15) is 21.5 Å². The van der Waals surface area contributed by atoms with Crippen LogP contribution in [-0.4, -0.2) is 38.5 Å². The lowest BCUT2D eigenvalue weighted by molar-refractivity contribution is 0.102. The molecule has 1 amide bonds. The number of anilines is 2. The van der Waals surface area contributed by atoms with Gasteiger partial charge < -0.3 is 14.8 Å². The number of nitrogens with one attached hydrogen (secondary N) is 2. The molecule has 0 aliphatic carbocycles. The van der Waals surface area contributed by atoms with Gasteiger partial charge in [0.15, 0.2) is 4.90 Å². The highest BCUT2D eigenvalue weighted by molar-refractivity contribution is 7.92. The summed E-state index contributed by atoms with van der Waals surface area (Å²) in [7, 11) is -1.26. The van der Waals surface area contributed by atoms with Crippen molar-refractivity contribution in [2.24, 2.45) is 0 Å². The number of para-hydroxylation sites is 1. The number of aryl methyl sites for hydroxylation is 2. The van der Waals surface area contributed by atoms with E-state index in [1.807, 2.05) is 6.07 Å². The van der Waals surface area contributed by atoms with Crippen molar-refractivity contribution in [3.8, 4) is 11.8 Å². The summed E-state index contributed by atoms with van der Waals surface area (Å²) in [4.78, 5) is 20.3. The van der Waals surface area contributed by atoms with E-state index in [-0.39, 0.29) is 22.0 Å². The van der Waals surface area contributed by atoms with Crippen LogP contribution in [0.15, 0.2) is 53.7 Å². The predicted octanol–water partition coefficient (Wildman–Crippen LogP) is 3.16. The van der Waals surface area contributed by atoms with Gasteiger partial charge in [0.1, 0.15) is 0 Å². The molecule has 9 nitrogen and oxygen atoms in total. The second kappa shape index (κ2) is 9.00. The van der Waals surface area contributed by atoms with E-state index in [0.29, 0.717) is 11.6 Å². The van der Waals surface area contributed by atoms with Gasteiger partial charge in [-0.1, -0.05) is 18.2 Å². The maximum atomic E-state index is 13.1. The summed E-state index contributed by atoms with van der Waals surface area (Å²) in [6.45, 7) is 3.61. The number of hydrogen-bond donors (Lipinski definition) is 2. The zero-order valence-corrected chi connectivity index (χ0v) is 18.3. The summed E-state index contributed by atoms with van der Waals surface area (Å²) in [6, 6.07) is 9.83. The van der Waals surface area contributed by atoms with Crippen LogP contribution in [0.5, 0.6) is 11.8 Å². The van der Waals surface area contributed by atoms with E-state index in [2.05, 4.69) is 20.0 Å². The second-order valence-corrected chi connectivity index (χ2v) is 8.30. The fourth-order valence-electron chi connectivity index (χ4n) is 2.85. The molecule has 0 aliphatic rings. The number of methoxy groups -OCH3 is 2. The van der Waals surface area contributed by atoms with Crippen molar-refractivity contribution in [3.05, 3.63) is 65.5 Å². The van der Waals surface area contributed by atoms with E-state index < -0.39 is 15.9 Å². The molecule has 31 heavy (non-hydrogen) atoms. The van der Waals surface area contributed by atoms with Gasteiger partial charge in [0.2, 0.25) is 11.8 Å². The minimum Gasteiger partial charge on any atom is -0.481 e. The maximum absolute atomic E-state index is 13.1. The predicted molar refractivity (Wildman–Crippen MR) is 116 cm³/mol. The second-order valence-electron chi connectivity index (χ2n) is 6.65. The van der Waals surface area contributed by atoms with Gasteiger partial charge in [-0.2, -0.15) is 0 Å². The molecule has 2 heterocycles. The Labute approximate surface area is 180 Å². The first-order valence-corrected chi connectivity index (χ1v) is 10.7. The number of rotatable bonds is 7. The highest BCUT2D eigenvalue weighted by Gasteiger charge is 2.23. The topological polar surface area (TPSA) is 120 Å². The van der Waals surface area contributed by atoms with Crippen molar-refractivity contribution in [2.75, 3.05) is 24.3 Å². The van der Waals surface area contributed by atoms with E-state index in [1.165, 1.54) is 38.7 Å². The molecule has 0 unspecified atom stereocenters. The summed E-state index contributed by atoms with van der Waals surface area (Å²) in [5.74, 6) is -0.204. The van der Waals surface area contributed by atoms with Crippen LogP contribution in [0.3, 0.4) is 0 Å². The number of benzene rings is 1. The maximum Gasteiger partial charge on any atom is 0.267 e. The molecule has 0 bridgehead atoms. The van der Waals surface area contributed by atoms with E-state index in [0.717, 1.165) is 11.1 Å². The van der Waals surface area contributed by atoms with Crippen LogP contribution < -0.4 is 19.5 Å². The molecule has 162 valence electrons. The average molecular weight is 442 g/mol. The Bertz CT molecular complexity index is 1190. The van der Waals surface area contributed by atoms with Crippen molar-refractivity contribution in [1.29, 1.82) is 0 Å². The monoisotopic (exact) mass is 442 g/mol. The Morgan fingerprint density at radius 1 is 0.968 bits per heavy atom. The first kappa shape index (κ1) is 22.0. The van der Waals surface area contributed by atoms with Gasteiger partial charge in [0.25, 0.3) is 15.9 Å². The standard InChI is InChI=1S/C21H22N4O5S/c1-13-6-5-7-14(2)19(13)25-31(27,28)17-10-16(12-23-21(17)30-4)24-20(26)15-8-9-18(29-3)22-11-15/h5-12,25H,1-4H3,(H,24,26). The molecular weight excluding hydrogens is 420 g/mol. The van der Waals surface area contributed by atoms with Crippen LogP contribution in [0.4, 0.5) is 11.4 Å². The van der Waals surface area contributed by atoms with Gasteiger partial charge in [0.05, 0.1) is 37.4 Å². The Morgan fingerprint density at radius 3 is 2.26 bits per heavy atom. The molecule has 3 aromatic rings. The fraction of sp³-hybridized carbons (Fsp3) is 0.190. The van der Waals surface area contributed by atoms with E-state index in [9.17, 15) is 13.2 Å². The Morgan fingerprint density at radius 2 is 1.68 bits per heavy atom. The zero-order chi connectivity index (χ0) is 22.6. The van der Waals surface area contributed by atoms with Gasteiger partial charge in [-0.05, 0) is 37.1 Å². The zero-order valence-electron chi connectivity index (χ0n) is 17.5. The van der Waals surface area contributed by atoms with Crippen LogP contribution in [-0.2, 0) is 10.0 Å². The third-order valence-electron chi connectivity index (χ3n) is 4.48. The molecule has 10 heteroatoms. The van der Waals surface area contributed by atoms with E-state index >= 15 is 0 Å². The van der Waals surface area contributed by atoms with Gasteiger partial charge in [-0.25, -0.2) is 18.4 Å². The van der Waals surface area contributed by atoms with Crippen molar-refractivity contribution < 1.29 is 22.7 Å². The molecule has 2 N–H and O–H groups in total. The van der Waals surface area contributed by atoms with Crippen molar-refractivity contribution in [2.45, 2.75) is 18.7 Å². The fourth-order valence-corrected chi connectivity index (χ4v) is 4.20. The van der Waals surface area contributed by atoms with Crippen LogP contribution in [0, 0.1) is 13.8 Å². The molecule has 0 fully saturated rings. The van der Waals surface area contributed by atoms with Crippen LogP contribution >= 0.6 is 0 Å². The lowest BCUT2D eigenvalue weighted by Crippen LogP contribution is -2.18. The molecule has 2 aromatic heterocycles. The van der Waals surface area contributed by atoms with Crippen molar-refractivity contribution >= 4 is 27.3 Å². The largest absolute Gasteiger partial charge is 0.481 e. The number of sulfonamides is 1. The lowest BCUT2D eigenvalue weighted by atomic mass is 10.1. The molecule has 0 spiro atoms. The van der Waals surface area contributed by atoms with Crippen LogP contribution in [0.2, 0.25) is 0 Å². The average Bonchev–Trinajstić information content (AvgIpc) is 2.76. The van der Waals surface area contributed by atoms with Gasteiger partial charge in [-0.3, -0.25) is 9.52 Å². The summed E-state index contributed by atoms with van der Waals surface area (Å²) in [5, 5.41) is 2.62. The van der Waals surface area contributed by atoms with Crippen LogP contribution in [0.25, 0.3) is 0 Å². The number of nitrogens with zero attached hydrogens (tertiary/aromatic N) is 2. The van der Waals surface area contributed by atoms with E-state index in [4.69, 9.17) is 9.47 Å². The highest BCUT2D eigenvalue weighted by atomic mass is 32.2. The first-order valence-electron chi connectivity index (χ1n) is 9.19. The number of pyridine rings is 2. The molecule has 0 radical (unpaired) electrons. The quantitative estimate of drug-likeness (QED) is 0.577. The normalized spacial score (nSPS) is 11.0. The summed E-state index contributed by atoms with van der Waals surface area (Å²) in [5.41, 5.74) is 2.47. The van der Waals surface area contributed by atoms with Crippen molar-refractivity contribution in [3.63, 3.8) is 0 Å². The number of carbonyl (C=O) groups is 1. The Balaban J connectivity index is 1.91. The van der Waals surface area contributed by atoms with E-state index in [1.54, 1.807) is 32.0 Å². The summed E-state index contributed by atoms with van der Waals surface area (Å²) < 4.78 is 38.9. The van der Waals surface area contributed by atoms with Gasteiger partial charge >= 0.3 is 0 Å². The van der Waals surface area contributed by atoms with Crippen molar-refractivity contribution in [1.82, 2.24) is 9.97 Å². The lowest BCUT2D eigenvalue weighted by Gasteiger charge is -2.15. The third kappa shape index (κ3) is 4.92. The molecule has 3 rings (SSSR count). The minimum atomic E-state index is -4.05. The molecular formula is C21H22N4O5S. The number of ether oxygens (including phenoxy) is 2. The SMILES string of the molecule is COc1ccc(C(=O)Nc2cnc(OC)c(S(=O)(=O)Nc3c(C)cccc3C)c2)cn1. The molecule has 0 saturated carbocycles. The highest BCUT2D eigenvalue weighted by Crippen LogP contribution is 2.29. The van der Waals surface area contributed by atoms with Gasteiger partial charge in [-0.15, -0.1) is 0 Å². The summed E-state index contributed by atoms with van der Waals surface area (Å²) in [6.07, 6.45) is 2.66. The molecule has 0 aliphatic heterocycles. The molecule has 1 aromatic carbocycles. The Kier molecular flexibility index (Phi) is 6.40. The number of aromatic nitrogens is 2. The summed E-state index contributed by atoms with van der Waals surface area (Å²) >= 11 is 0. The molecule has 0 atom stereocenters. The number of carbonyl (C=O) groups excluding carboxylic acids is 1.